The van der Waals surface area contributed by atoms with Gasteiger partial charge in [-0.25, -0.2) is 14.2 Å². The first-order valence-electron chi connectivity index (χ1n) is 9.83. The Kier molecular flexibility index (Phi) is 7.63. The molecule has 0 aliphatic rings. The Balaban J connectivity index is 1.58. The fourth-order valence-corrected chi connectivity index (χ4v) is 3.26. The number of rotatable bonds is 8. The van der Waals surface area contributed by atoms with Gasteiger partial charge in [-0.1, -0.05) is 11.6 Å². The van der Waals surface area contributed by atoms with Gasteiger partial charge in [0.15, 0.2) is 5.15 Å². The number of nitrogens with zero attached hydrogens (tertiary/aromatic N) is 2. The van der Waals surface area contributed by atoms with Gasteiger partial charge in [-0.3, -0.25) is 0 Å². The second kappa shape index (κ2) is 10.2. The van der Waals surface area contributed by atoms with Crippen LogP contribution >= 0.6 is 23.2 Å². The van der Waals surface area contributed by atoms with Crippen molar-refractivity contribution in [3.8, 4) is 11.6 Å². The maximum Gasteiger partial charge on any atom is 0.407 e. The predicted molar refractivity (Wildman–Crippen MR) is 119 cm³/mol. The molecule has 0 bridgehead atoms. The normalized spacial score (nSPS) is 11.4. The summed E-state index contributed by atoms with van der Waals surface area (Å²) in [6.45, 7) is 5.79. The minimum absolute atomic E-state index is 0.0140. The van der Waals surface area contributed by atoms with E-state index in [2.05, 4.69) is 20.3 Å². The third-order valence-electron chi connectivity index (χ3n) is 4.12. The second-order valence-electron chi connectivity index (χ2n) is 7.80. The van der Waals surface area contributed by atoms with Gasteiger partial charge in [0.25, 0.3) is 5.88 Å². The minimum Gasteiger partial charge on any atom is -0.484 e. The molecule has 32 heavy (non-hydrogen) atoms. The monoisotopic (exact) mass is 484 g/mol. The number of amides is 1. The van der Waals surface area contributed by atoms with Gasteiger partial charge < -0.3 is 24.5 Å². The molecule has 0 radical (unpaired) electrons. The second-order valence-corrected chi connectivity index (χ2v) is 8.49. The Hall–Kier alpha value is -2.78. The number of halogens is 3. The molecule has 0 aliphatic heterocycles. The number of benzene rings is 1. The van der Waals surface area contributed by atoms with Crippen molar-refractivity contribution in [1.29, 1.82) is 0 Å². The number of carbonyl (C=O) groups excluding carboxylic acids is 1. The third kappa shape index (κ3) is 6.61. The molecule has 0 saturated carbocycles. The van der Waals surface area contributed by atoms with Crippen LogP contribution in [0.25, 0.3) is 10.9 Å². The first-order valence-corrected chi connectivity index (χ1v) is 10.6. The summed E-state index contributed by atoms with van der Waals surface area (Å²) >= 11 is 12.0. The molecule has 1 aromatic carbocycles. The van der Waals surface area contributed by atoms with Gasteiger partial charge in [0, 0.05) is 23.5 Å². The summed E-state index contributed by atoms with van der Waals surface area (Å²) in [5.74, 6) is -0.114. The number of fused-ring (bicyclic) bond motifs is 1. The predicted octanol–water partition coefficient (Wildman–Crippen LogP) is 4.93. The van der Waals surface area contributed by atoms with E-state index in [4.69, 9.17) is 37.4 Å². The Labute approximate surface area is 194 Å². The summed E-state index contributed by atoms with van der Waals surface area (Å²) < 4.78 is 29.9. The van der Waals surface area contributed by atoms with E-state index >= 15 is 0 Å². The highest BCUT2D eigenvalue weighted by molar-refractivity contribution is 6.33. The van der Waals surface area contributed by atoms with Crippen LogP contribution in [0.3, 0.4) is 0 Å². The SMILES string of the molecule is CC(C)(C)OC(=O)NCCOc1c(Cl)nc(Cl)nc1OCCc1c[nH]c2cc(F)ccc12. The highest BCUT2D eigenvalue weighted by Crippen LogP contribution is 2.33. The molecular formula is C21H23Cl2FN4O4. The van der Waals surface area contributed by atoms with Crippen molar-refractivity contribution in [3.63, 3.8) is 0 Å². The number of hydrogen-bond donors (Lipinski definition) is 2. The molecule has 3 aromatic rings. The number of nitrogens with one attached hydrogen (secondary N) is 2. The van der Waals surface area contributed by atoms with E-state index in [1.165, 1.54) is 12.1 Å². The van der Waals surface area contributed by atoms with Crippen LogP contribution in [0.5, 0.6) is 11.6 Å². The van der Waals surface area contributed by atoms with E-state index in [1.807, 2.05) is 0 Å². The van der Waals surface area contributed by atoms with Crippen LogP contribution < -0.4 is 14.8 Å². The highest BCUT2D eigenvalue weighted by atomic mass is 35.5. The van der Waals surface area contributed by atoms with Crippen molar-refractivity contribution in [3.05, 3.63) is 46.2 Å². The lowest BCUT2D eigenvalue weighted by Crippen LogP contribution is -2.34. The van der Waals surface area contributed by atoms with Crippen molar-refractivity contribution >= 4 is 40.2 Å². The van der Waals surface area contributed by atoms with Gasteiger partial charge in [-0.05, 0) is 56.1 Å². The molecule has 0 saturated heterocycles. The van der Waals surface area contributed by atoms with Crippen molar-refractivity contribution < 1.29 is 23.4 Å². The number of carbonyl (C=O) groups is 1. The van der Waals surface area contributed by atoms with Crippen LogP contribution in [0.1, 0.15) is 26.3 Å². The summed E-state index contributed by atoms with van der Waals surface area (Å²) in [5, 5.41) is 3.37. The maximum absolute atomic E-state index is 13.4. The molecule has 0 unspecified atom stereocenters. The van der Waals surface area contributed by atoms with Crippen LogP contribution in [0.15, 0.2) is 24.4 Å². The number of H-pyrrole nitrogens is 1. The van der Waals surface area contributed by atoms with Gasteiger partial charge in [0.2, 0.25) is 11.0 Å². The Morgan fingerprint density at radius 2 is 1.97 bits per heavy atom. The number of aromatic amines is 1. The number of hydrogen-bond acceptors (Lipinski definition) is 6. The van der Waals surface area contributed by atoms with Gasteiger partial charge in [-0.15, -0.1) is 0 Å². The Bertz CT molecular complexity index is 1100. The van der Waals surface area contributed by atoms with E-state index in [1.54, 1.807) is 33.0 Å². The average Bonchev–Trinajstić information content (AvgIpc) is 3.07. The molecule has 11 heteroatoms. The minimum atomic E-state index is -0.599. The molecule has 2 aromatic heterocycles. The van der Waals surface area contributed by atoms with Gasteiger partial charge in [0.05, 0.1) is 13.2 Å². The lowest BCUT2D eigenvalue weighted by atomic mass is 10.1. The van der Waals surface area contributed by atoms with Crippen LogP contribution in [0.2, 0.25) is 10.4 Å². The highest BCUT2D eigenvalue weighted by Gasteiger charge is 2.18. The smallest absolute Gasteiger partial charge is 0.407 e. The standard InChI is InChI=1S/C21H23Cl2FN4O4/c1-21(2,3)32-20(29)25-7-9-30-16-17(22)27-19(23)28-18(16)31-8-6-12-11-26-15-10-13(24)4-5-14(12)15/h4-5,10-11,26H,6-9H2,1-3H3,(H,25,29). The molecule has 0 fully saturated rings. The zero-order valence-corrected chi connectivity index (χ0v) is 19.3. The van der Waals surface area contributed by atoms with E-state index in [0.29, 0.717) is 11.9 Å². The fraction of sp³-hybridized carbons (Fsp3) is 0.381. The molecule has 2 heterocycles. The molecule has 0 spiro atoms. The molecule has 1 amide bonds. The van der Waals surface area contributed by atoms with Crippen molar-refractivity contribution in [2.75, 3.05) is 19.8 Å². The van der Waals surface area contributed by atoms with Gasteiger partial charge >= 0.3 is 6.09 Å². The summed E-state index contributed by atoms with van der Waals surface area (Å²) in [7, 11) is 0. The van der Waals surface area contributed by atoms with Crippen molar-refractivity contribution in [2.24, 2.45) is 0 Å². The molecule has 0 atom stereocenters. The van der Waals surface area contributed by atoms with E-state index in [-0.39, 0.29) is 47.6 Å². The summed E-state index contributed by atoms with van der Waals surface area (Å²) in [6, 6.07) is 4.55. The number of aromatic nitrogens is 3. The first kappa shape index (κ1) is 23.9. The van der Waals surface area contributed by atoms with Crippen molar-refractivity contribution in [2.45, 2.75) is 32.8 Å². The van der Waals surface area contributed by atoms with Crippen LogP contribution in [0.4, 0.5) is 9.18 Å². The van der Waals surface area contributed by atoms with E-state index in [9.17, 15) is 9.18 Å². The first-order chi connectivity index (χ1) is 15.1. The molecular weight excluding hydrogens is 462 g/mol. The van der Waals surface area contributed by atoms with Crippen LogP contribution in [0, 0.1) is 5.82 Å². The number of alkyl carbamates (subject to hydrolysis) is 1. The zero-order valence-electron chi connectivity index (χ0n) is 17.8. The zero-order chi connectivity index (χ0) is 23.3. The van der Waals surface area contributed by atoms with E-state index < -0.39 is 11.7 Å². The van der Waals surface area contributed by atoms with Crippen molar-refractivity contribution in [1.82, 2.24) is 20.3 Å². The molecule has 2 N–H and O–H groups in total. The lowest BCUT2D eigenvalue weighted by Gasteiger charge is -2.19. The summed E-state index contributed by atoms with van der Waals surface area (Å²) in [5.41, 5.74) is 1.06. The van der Waals surface area contributed by atoms with Gasteiger partial charge in [-0.2, -0.15) is 4.98 Å². The maximum atomic E-state index is 13.4. The summed E-state index contributed by atoms with van der Waals surface area (Å²) in [4.78, 5) is 22.6. The lowest BCUT2D eigenvalue weighted by molar-refractivity contribution is 0.0520. The fourth-order valence-electron chi connectivity index (χ4n) is 2.84. The molecule has 8 nitrogen and oxygen atoms in total. The number of ether oxygens (including phenoxy) is 3. The van der Waals surface area contributed by atoms with Crippen LogP contribution in [-0.2, 0) is 11.2 Å². The quantitative estimate of drug-likeness (QED) is 0.267. The Morgan fingerprint density at radius 1 is 1.19 bits per heavy atom. The van der Waals surface area contributed by atoms with Crippen LogP contribution in [-0.4, -0.2) is 46.4 Å². The van der Waals surface area contributed by atoms with Gasteiger partial charge in [0.1, 0.15) is 18.0 Å². The molecule has 3 rings (SSSR count). The Morgan fingerprint density at radius 3 is 2.72 bits per heavy atom. The average molecular weight is 485 g/mol. The van der Waals surface area contributed by atoms with E-state index in [0.717, 1.165) is 10.9 Å². The molecule has 172 valence electrons. The third-order valence-corrected chi connectivity index (χ3v) is 4.55. The topological polar surface area (TPSA) is 98.4 Å². The summed E-state index contributed by atoms with van der Waals surface area (Å²) in [6.07, 6.45) is 1.76. The molecule has 0 aliphatic carbocycles. The largest absolute Gasteiger partial charge is 0.484 e.